The molecule has 2 heterocycles. The van der Waals surface area contributed by atoms with Gasteiger partial charge in [-0.3, -0.25) is 0 Å². The van der Waals surface area contributed by atoms with Crippen LogP contribution in [0.4, 0.5) is 0 Å². The number of hydrogen-bond acceptors (Lipinski definition) is 4. The first-order valence-electron chi connectivity index (χ1n) is 5.28. The first-order chi connectivity index (χ1) is 8.16. The normalized spacial score (nSPS) is 11.2. The summed E-state index contributed by atoms with van der Waals surface area (Å²) >= 11 is 0. The molecule has 1 aromatic carbocycles. The van der Waals surface area contributed by atoms with Gasteiger partial charge in [-0.1, -0.05) is 12.1 Å². The third-order valence-corrected chi connectivity index (χ3v) is 2.72. The highest BCUT2D eigenvalue weighted by molar-refractivity contribution is 5.73. The van der Waals surface area contributed by atoms with Gasteiger partial charge in [0, 0.05) is 0 Å². The van der Waals surface area contributed by atoms with Crippen LogP contribution in [0.25, 0.3) is 17.1 Å². The molecular weight excluding hydrogens is 218 g/mol. The Morgan fingerprint density at radius 3 is 2.65 bits per heavy atom. The van der Waals surface area contributed by atoms with E-state index in [4.69, 9.17) is 4.42 Å². The molecule has 0 atom stereocenters. The van der Waals surface area contributed by atoms with Crippen LogP contribution in [0.3, 0.4) is 0 Å². The summed E-state index contributed by atoms with van der Waals surface area (Å²) < 4.78 is 7.09. The average molecular weight is 229 g/mol. The predicted molar refractivity (Wildman–Crippen MR) is 62.3 cm³/mol. The van der Waals surface area contributed by atoms with E-state index in [1.54, 1.807) is 13.8 Å². The molecule has 0 aliphatic carbocycles. The summed E-state index contributed by atoms with van der Waals surface area (Å²) in [7, 11) is 0. The van der Waals surface area contributed by atoms with E-state index in [1.165, 1.54) is 4.68 Å². The van der Waals surface area contributed by atoms with Crippen LogP contribution in [0.5, 0.6) is 5.75 Å². The van der Waals surface area contributed by atoms with Crippen molar-refractivity contribution in [3.8, 4) is 11.8 Å². The number of fused-ring (bicyclic) bond motifs is 1. The van der Waals surface area contributed by atoms with Gasteiger partial charge in [0.15, 0.2) is 11.3 Å². The average Bonchev–Trinajstić information content (AvgIpc) is 2.86. The summed E-state index contributed by atoms with van der Waals surface area (Å²) in [5.41, 5.74) is 2.66. The first-order valence-corrected chi connectivity index (χ1v) is 5.28. The molecule has 0 saturated carbocycles. The molecule has 0 spiro atoms. The smallest absolute Gasteiger partial charge is 0.324 e. The van der Waals surface area contributed by atoms with E-state index in [-0.39, 0.29) is 5.75 Å². The van der Waals surface area contributed by atoms with Gasteiger partial charge in [0.2, 0.25) is 0 Å². The molecule has 0 fully saturated rings. The molecule has 86 valence electrons. The fourth-order valence-electron chi connectivity index (χ4n) is 1.77. The van der Waals surface area contributed by atoms with Gasteiger partial charge in [-0.25, -0.2) is 0 Å². The zero-order chi connectivity index (χ0) is 12.0. The van der Waals surface area contributed by atoms with Crippen molar-refractivity contribution in [1.29, 1.82) is 0 Å². The van der Waals surface area contributed by atoms with Crippen molar-refractivity contribution in [1.82, 2.24) is 14.8 Å². The minimum Gasteiger partial charge on any atom is -0.504 e. The van der Waals surface area contributed by atoms with Gasteiger partial charge >= 0.3 is 6.01 Å². The molecule has 3 rings (SSSR count). The minimum atomic E-state index is 0.173. The molecule has 17 heavy (non-hydrogen) atoms. The summed E-state index contributed by atoms with van der Waals surface area (Å²) in [5.74, 6) is 0.173. The van der Waals surface area contributed by atoms with Crippen molar-refractivity contribution in [2.75, 3.05) is 0 Å². The number of para-hydroxylation sites is 2. The van der Waals surface area contributed by atoms with Crippen molar-refractivity contribution in [3.63, 3.8) is 0 Å². The number of aromatic nitrogens is 3. The van der Waals surface area contributed by atoms with E-state index in [1.807, 2.05) is 24.3 Å². The summed E-state index contributed by atoms with van der Waals surface area (Å²) in [6, 6.07) is 7.86. The molecule has 2 aromatic heterocycles. The van der Waals surface area contributed by atoms with Crippen LogP contribution in [-0.4, -0.2) is 19.9 Å². The van der Waals surface area contributed by atoms with E-state index in [0.717, 1.165) is 5.52 Å². The van der Waals surface area contributed by atoms with Crippen LogP contribution in [0.2, 0.25) is 0 Å². The summed E-state index contributed by atoms with van der Waals surface area (Å²) in [6.07, 6.45) is 0. The fraction of sp³-hybridized carbons (Fsp3) is 0.167. The second-order valence-corrected chi connectivity index (χ2v) is 3.90. The van der Waals surface area contributed by atoms with Crippen molar-refractivity contribution in [2.24, 2.45) is 0 Å². The standard InChI is InChI=1S/C12H11N3O2/c1-7-11(16)8(2)15(14-7)12-13-9-5-3-4-6-10(9)17-12/h3-6,16H,1-2H3. The second-order valence-electron chi connectivity index (χ2n) is 3.90. The van der Waals surface area contributed by atoms with Crippen molar-refractivity contribution >= 4 is 11.1 Å². The predicted octanol–water partition coefficient (Wildman–Crippen LogP) is 2.34. The van der Waals surface area contributed by atoms with Gasteiger partial charge in [-0.15, -0.1) is 0 Å². The third-order valence-electron chi connectivity index (χ3n) is 2.72. The van der Waals surface area contributed by atoms with Crippen molar-refractivity contribution < 1.29 is 9.52 Å². The van der Waals surface area contributed by atoms with E-state index in [2.05, 4.69) is 10.1 Å². The molecule has 0 unspecified atom stereocenters. The lowest BCUT2D eigenvalue weighted by atomic mass is 10.3. The maximum absolute atomic E-state index is 9.71. The lowest BCUT2D eigenvalue weighted by molar-refractivity contribution is 0.464. The molecule has 0 aliphatic rings. The molecule has 0 saturated heterocycles. The zero-order valence-electron chi connectivity index (χ0n) is 9.51. The maximum atomic E-state index is 9.71. The third kappa shape index (κ3) is 1.39. The lowest BCUT2D eigenvalue weighted by Crippen LogP contribution is -1.98. The number of aryl methyl sites for hydroxylation is 1. The maximum Gasteiger partial charge on any atom is 0.324 e. The minimum absolute atomic E-state index is 0.173. The monoisotopic (exact) mass is 229 g/mol. The number of benzene rings is 1. The molecule has 5 heteroatoms. The van der Waals surface area contributed by atoms with Crippen LogP contribution in [0, 0.1) is 13.8 Å². The van der Waals surface area contributed by atoms with Gasteiger partial charge < -0.3 is 9.52 Å². The molecule has 5 nitrogen and oxygen atoms in total. The zero-order valence-corrected chi connectivity index (χ0v) is 9.51. The molecule has 0 aliphatic heterocycles. The Morgan fingerprint density at radius 2 is 2.00 bits per heavy atom. The molecule has 0 radical (unpaired) electrons. The Labute approximate surface area is 97.3 Å². The first kappa shape index (κ1) is 9.89. The van der Waals surface area contributed by atoms with Gasteiger partial charge in [0.05, 0.1) is 5.69 Å². The Hall–Kier alpha value is -2.30. The summed E-state index contributed by atoms with van der Waals surface area (Å²) in [6.45, 7) is 3.51. The molecule has 1 N–H and O–H groups in total. The van der Waals surface area contributed by atoms with E-state index < -0.39 is 0 Å². The van der Waals surface area contributed by atoms with Crippen molar-refractivity contribution in [3.05, 3.63) is 35.7 Å². The van der Waals surface area contributed by atoms with Gasteiger partial charge in [0.25, 0.3) is 0 Å². The molecule has 0 amide bonds. The topological polar surface area (TPSA) is 64.1 Å². The highest BCUT2D eigenvalue weighted by Crippen LogP contribution is 2.24. The number of hydrogen-bond donors (Lipinski definition) is 1. The summed E-state index contributed by atoms with van der Waals surface area (Å²) in [5, 5.41) is 13.9. The second kappa shape index (κ2) is 3.35. The Balaban J connectivity index is 2.23. The number of oxazole rings is 1. The number of rotatable bonds is 1. The van der Waals surface area contributed by atoms with E-state index in [9.17, 15) is 5.11 Å². The summed E-state index contributed by atoms with van der Waals surface area (Å²) in [4.78, 5) is 4.32. The van der Waals surface area contributed by atoms with Crippen molar-refractivity contribution in [2.45, 2.75) is 13.8 Å². The van der Waals surface area contributed by atoms with Gasteiger partial charge in [0.1, 0.15) is 11.2 Å². The van der Waals surface area contributed by atoms with Crippen LogP contribution >= 0.6 is 0 Å². The highest BCUT2D eigenvalue weighted by Gasteiger charge is 2.15. The Bertz CT molecular complexity index is 664. The SMILES string of the molecule is Cc1nn(-c2nc3ccccc3o2)c(C)c1O. The number of nitrogens with zero attached hydrogens (tertiary/aromatic N) is 3. The number of aromatic hydroxyl groups is 1. The molecule has 3 aromatic rings. The Morgan fingerprint density at radius 1 is 1.24 bits per heavy atom. The lowest BCUT2D eigenvalue weighted by Gasteiger charge is -1.95. The van der Waals surface area contributed by atoms with Crippen LogP contribution in [0.15, 0.2) is 28.7 Å². The van der Waals surface area contributed by atoms with Gasteiger partial charge in [-0.2, -0.15) is 14.8 Å². The highest BCUT2D eigenvalue weighted by atomic mass is 16.4. The van der Waals surface area contributed by atoms with Crippen LogP contribution in [-0.2, 0) is 0 Å². The van der Waals surface area contributed by atoms with E-state index in [0.29, 0.717) is 23.0 Å². The largest absolute Gasteiger partial charge is 0.504 e. The molecular formula is C12H11N3O2. The van der Waals surface area contributed by atoms with E-state index >= 15 is 0 Å². The van der Waals surface area contributed by atoms with Crippen LogP contribution in [0.1, 0.15) is 11.4 Å². The van der Waals surface area contributed by atoms with Crippen LogP contribution < -0.4 is 0 Å². The molecule has 0 bridgehead atoms. The fourth-order valence-corrected chi connectivity index (χ4v) is 1.77. The Kier molecular flexibility index (Phi) is 1.95. The quantitative estimate of drug-likeness (QED) is 0.695. The van der Waals surface area contributed by atoms with Gasteiger partial charge in [-0.05, 0) is 26.0 Å².